The van der Waals surface area contributed by atoms with Crippen molar-refractivity contribution in [2.45, 2.75) is 6.54 Å². The van der Waals surface area contributed by atoms with Crippen molar-refractivity contribution in [3.05, 3.63) is 35.4 Å². The Kier molecular flexibility index (Phi) is 6.03. The molecule has 18 heavy (non-hydrogen) atoms. The zero-order chi connectivity index (χ0) is 13.4. The van der Waals surface area contributed by atoms with E-state index in [-0.39, 0.29) is 12.1 Å². The smallest absolute Gasteiger partial charge is 0.206 e. The van der Waals surface area contributed by atoms with Gasteiger partial charge in [-0.05, 0) is 6.07 Å². The van der Waals surface area contributed by atoms with Gasteiger partial charge >= 0.3 is 0 Å². The molecule has 1 aromatic carbocycles. The minimum absolute atomic E-state index is 0.0611. The Morgan fingerprint density at radius 3 is 2.83 bits per heavy atom. The highest BCUT2D eigenvalue weighted by atomic mass is 19.1. The highest BCUT2D eigenvalue weighted by Crippen LogP contribution is 2.10. The Balaban J connectivity index is 2.59. The lowest BCUT2D eigenvalue weighted by atomic mass is 10.2. The first-order chi connectivity index (χ1) is 8.67. The van der Waals surface area contributed by atoms with Gasteiger partial charge in [0.1, 0.15) is 11.6 Å². The molecule has 0 saturated carbocycles. The van der Waals surface area contributed by atoms with Crippen molar-refractivity contribution in [3.8, 4) is 0 Å². The SMILES string of the molecule is COCCNC(=NCc1ccc(F)cc1F)NN. The first-order valence-corrected chi connectivity index (χ1v) is 5.35. The molecule has 0 radical (unpaired) electrons. The standard InChI is InChI=1S/C11H16F2N4O/c1-18-5-4-15-11(17-14)16-7-8-2-3-9(12)6-10(8)13/h2-3,6H,4-5,7,14H2,1H3,(H2,15,16,17). The number of aliphatic imine (C=N–C) groups is 1. The summed E-state index contributed by atoms with van der Waals surface area (Å²) in [6, 6.07) is 3.35. The minimum Gasteiger partial charge on any atom is -0.383 e. The summed E-state index contributed by atoms with van der Waals surface area (Å²) >= 11 is 0. The van der Waals surface area contributed by atoms with Crippen LogP contribution >= 0.6 is 0 Å². The van der Waals surface area contributed by atoms with E-state index in [0.717, 1.165) is 6.07 Å². The molecule has 1 rings (SSSR count). The van der Waals surface area contributed by atoms with Crippen LogP contribution in [0, 0.1) is 11.6 Å². The number of methoxy groups -OCH3 is 1. The summed E-state index contributed by atoms with van der Waals surface area (Å²) in [6.45, 7) is 1.07. The number of nitrogens with two attached hydrogens (primary N) is 1. The Morgan fingerprint density at radius 2 is 2.22 bits per heavy atom. The molecule has 4 N–H and O–H groups in total. The van der Waals surface area contributed by atoms with E-state index in [1.54, 1.807) is 7.11 Å². The molecule has 0 aromatic heterocycles. The van der Waals surface area contributed by atoms with Crippen LogP contribution in [-0.2, 0) is 11.3 Å². The van der Waals surface area contributed by atoms with Crippen molar-refractivity contribution in [3.63, 3.8) is 0 Å². The number of nitrogens with one attached hydrogen (secondary N) is 2. The Hall–Kier alpha value is -1.73. The van der Waals surface area contributed by atoms with Gasteiger partial charge in [-0.2, -0.15) is 0 Å². The first-order valence-electron chi connectivity index (χ1n) is 5.35. The number of nitrogens with zero attached hydrogens (tertiary/aromatic N) is 1. The fourth-order valence-electron chi connectivity index (χ4n) is 1.24. The minimum atomic E-state index is -0.632. The Labute approximate surface area is 104 Å². The second kappa shape index (κ2) is 7.57. The van der Waals surface area contributed by atoms with Crippen molar-refractivity contribution in [1.82, 2.24) is 10.7 Å². The highest BCUT2D eigenvalue weighted by Gasteiger charge is 2.03. The van der Waals surface area contributed by atoms with Gasteiger partial charge < -0.3 is 10.1 Å². The molecule has 0 saturated heterocycles. The Morgan fingerprint density at radius 1 is 1.44 bits per heavy atom. The number of halogens is 2. The van der Waals surface area contributed by atoms with Crippen LogP contribution in [0.25, 0.3) is 0 Å². The topological polar surface area (TPSA) is 71.7 Å². The second-order valence-electron chi connectivity index (χ2n) is 3.46. The van der Waals surface area contributed by atoms with Gasteiger partial charge in [-0.3, -0.25) is 5.43 Å². The van der Waals surface area contributed by atoms with Crippen LogP contribution in [-0.4, -0.2) is 26.2 Å². The first kappa shape index (κ1) is 14.3. The molecule has 0 fully saturated rings. The van der Waals surface area contributed by atoms with Gasteiger partial charge in [0.15, 0.2) is 0 Å². The normalized spacial score (nSPS) is 11.4. The molecule has 0 aliphatic rings. The summed E-state index contributed by atoms with van der Waals surface area (Å²) in [7, 11) is 1.57. The van der Waals surface area contributed by atoms with E-state index in [9.17, 15) is 8.78 Å². The predicted molar refractivity (Wildman–Crippen MR) is 64.7 cm³/mol. The maximum Gasteiger partial charge on any atom is 0.206 e. The van der Waals surface area contributed by atoms with Crippen molar-refractivity contribution in [2.24, 2.45) is 10.8 Å². The number of hydrogen-bond donors (Lipinski definition) is 3. The van der Waals surface area contributed by atoms with Crippen LogP contribution in [0.5, 0.6) is 0 Å². The van der Waals surface area contributed by atoms with Crippen LogP contribution in [0.3, 0.4) is 0 Å². The molecular weight excluding hydrogens is 242 g/mol. The maximum absolute atomic E-state index is 13.3. The third-order valence-electron chi connectivity index (χ3n) is 2.16. The number of rotatable bonds is 5. The summed E-state index contributed by atoms with van der Waals surface area (Å²) in [5.74, 6) is 4.31. The average Bonchev–Trinajstić information content (AvgIpc) is 2.35. The van der Waals surface area contributed by atoms with E-state index in [2.05, 4.69) is 15.7 Å². The molecule has 0 bridgehead atoms. The van der Waals surface area contributed by atoms with Crippen molar-refractivity contribution in [2.75, 3.05) is 20.3 Å². The average molecular weight is 258 g/mol. The van der Waals surface area contributed by atoms with Crippen LogP contribution in [0.4, 0.5) is 8.78 Å². The molecule has 0 spiro atoms. The molecule has 0 amide bonds. The predicted octanol–water partition coefficient (Wildman–Crippen LogP) is 0.520. The second-order valence-corrected chi connectivity index (χ2v) is 3.46. The van der Waals surface area contributed by atoms with Crippen LogP contribution in [0.1, 0.15) is 5.56 Å². The fourth-order valence-corrected chi connectivity index (χ4v) is 1.24. The van der Waals surface area contributed by atoms with E-state index in [1.165, 1.54) is 12.1 Å². The molecule has 0 aliphatic carbocycles. The van der Waals surface area contributed by atoms with E-state index in [4.69, 9.17) is 10.6 Å². The van der Waals surface area contributed by atoms with E-state index < -0.39 is 11.6 Å². The summed E-state index contributed by atoms with van der Waals surface area (Å²) < 4.78 is 30.8. The highest BCUT2D eigenvalue weighted by molar-refractivity contribution is 5.79. The molecular formula is C11H16F2N4O. The lowest BCUT2D eigenvalue weighted by molar-refractivity contribution is 0.203. The molecule has 7 heteroatoms. The van der Waals surface area contributed by atoms with Gasteiger partial charge in [0.25, 0.3) is 0 Å². The molecule has 0 heterocycles. The summed E-state index contributed by atoms with van der Waals surface area (Å²) in [5.41, 5.74) is 2.64. The summed E-state index contributed by atoms with van der Waals surface area (Å²) in [6.07, 6.45) is 0. The van der Waals surface area contributed by atoms with E-state index >= 15 is 0 Å². The molecule has 0 unspecified atom stereocenters. The zero-order valence-corrected chi connectivity index (χ0v) is 10.0. The third-order valence-corrected chi connectivity index (χ3v) is 2.16. The quantitative estimate of drug-likeness (QED) is 0.237. The molecule has 0 atom stereocenters. The summed E-state index contributed by atoms with van der Waals surface area (Å²) in [5, 5.41) is 2.86. The van der Waals surface area contributed by atoms with Gasteiger partial charge in [-0.15, -0.1) is 0 Å². The largest absolute Gasteiger partial charge is 0.383 e. The van der Waals surface area contributed by atoms with Crippen LogP contribution < -0.4 is 16.6 Å². The third kappa shape index (κ3) is 4.64. The van der Waals surface area contributed by atoms with E-state index in [1.807, 2.05) is 0 Å². The van der Waals surface area contributed by atoms with E-state index in [0.29, 0.717) is 19.1 Å². The van der Waals surface area contributed by atoms with Crippen molar-refractivity contribution in [1.29, 1.82) is 0 Å². The molecule has 1 aromatic rings. The monoisotopic (exact) mass is 258 g/mol. The lowest BCUT2D eigenvalue weighted by Gasteiger charge is -2.08. The van der Waals surface area contributed by atoms with Gasteiger partial charge in [0.05, 0.1) is 13.2 Å². The number of benzene rings is 1. The Bertz CT molecular complexity index is 412. The number of hydrogen-bond acceptors (Lipinski definition) is 3. The molecule has 0 aliphatic heterocycles. The number of guanidine groups is 1. The van der Waals surface area contributed by atoms with Gasteiger partial charge in [0, 0.05) is 25.3 Å². The lowest BCUT2D eigenvalue weighted by Crippen LogP contribution is -2.42. The maximum atomic E-state index is 13.3. The molecule has 5 nitrogen and oxygen atoms in total. The molecule has 100 valence electrons. The van der Waals surface area contributed by atoms with Crippen LogP contribution in [0.15, 0.2) is 23.2 Å². The van der Waals surface area contributed by atoms with Crippen molar-refractivity contribution < 1.29 is 13.5 Å². The van der Waals surface area contributed by atoms with Gasteiger partial charge in [-0.25, -0.2) is 19.6 Å². The van der Waals surface area contributed by atoms with Gasteiger partial charge in [0.2, 0.25) is 5.96 Å². The fraction of sp³-hybridized carbons (Fsp3) is 0.364. The number of ether oxygens (including phenoxy) is 1. The summed E-state index contributed by atoms with van der Waals surface area (Å²) in [4.78, 5) is 4.03. The van der Waals surface area contributed by atoms with Crippen LogP contribution in [0.2, 0.25) is 0 Å². The number of hydrazine groups is 1. The van der Waals surface area contributed by atoms with Gasteiger partial charge in [-0.1, -0.05) is 6.07 Å². The van der Waals surface area contributed by atoms with Crippen molar-refractivity contribution >= 4 is 5.96 Å². The zero-order valence-electron chi connectivity index (χ0n) is 10.0.